The lowest BCUT2D eigenvalue weighted by molar-refractivity contribution is -0.118. The van der Waals surface area contributed by atoms with Crippen LogP contribution in [0.5, 0.6) is 0 Å². The molecule has 0 aliphatic carbocycles. The van der Waals surface area contributed by atoms with Crippen molar-refractivity contribution in [3.05, 3.63) is 57.6 Å². The molecule has 1 amide bonds. The van der Waals surface area contributed by atoms with Crippen LogP contribution in [-0.2, 0) is 27.5 Å². The maximum absolute atomic E-state index is 12.8. The maximum Gasteiger partial charge on any atom is 0.231 e. The molecular formula is C18H17Cl2NO3S. The highest BCUT2D eigenvalue weighted by Crippen LogP contribution is 2.31. The summed E-state index contributed by atoms with van der Waals surface area (Å²) in [4.78, 5) is 14.8. The van der Waals surface area contributed by atoms with Gasteiger partial charge in [0.25, 0.3) is 0 Å². The number of rotatable bonds is 3. The number of sulfone groups is 1. The van der Waals surface area contributed by atoms with Gasteiger partial charge in [-0.2, -0.15) is 0 Å². The lowest BCUT2D eigenvalue weighted by Crippen LogP contribution is -2.36. The molecular weight excluding hydrogens is 381 g/mol. The molecule has 2 aromatic carbocycles. The van der Waals surface area contributed by atoms with E-state index in [4.69, 9.17) is 23.2 Å². The number of anilines is 1. The molecule has 1 aliphatic rings. The number of carbonyl (C=O) groups is 1. The average Bonchev–Trinajstić information content (AvgIpc) is 2.56. The second kappa shape index (κ2) is 6.98. The molecule has 1 aliphatic heterocycles. The molecule has 0 unspecified atom stereocenters. The molecule has 4 nitrogen and oxygen atoms in total. The first-order chi connectivity index (χ1) is 11.8. The molecule has 1 heterocycles. The molecule has 7 heteroatoms. The van der Waals surface area contributed by atoms with Crippen molar-refractivity contribution in [2.75, 3.05) is 17.7 Å². The Hall–Kier alpha value is -1.56. The predicted molar refractivity (Wildman–Crippen MR) is 100 cm³/mol. The van der Waals surface area contributed by atoms with E-state index in [9.17, 15) is 13.2 Å². The smallest absolute Gasteiger partial charge is 0.231 e. The van der Waals surface area contributed by atoms with E-state index in [1.165, 1.54) is 6.26 Å². The van der Waals surface area contributed by atoms with Gasteiger partial charge in [-0.1, -0.05) is 29.3 Å². The van der Waals surface area contributed by atoms with Crippen LogP contribution in [0.25, 0.3) is 0 Å². The monoisotopic (exact) mass is 397 g/mol. The van der Waals surface area contributed by atoms with Gasteiger partial charge in [-0.25, -0.2) is 8.42 Å². The van der Waals surface area contributed by atoms with Crippen LogP contribution in [0.1, 0.15) is 17.5 Å². The number of nitrogens with zero attached hydrogens (tertiary/aromatic N) is 1. The van der Waals surface area contributed by atoms with E-state index in [2.05, 4.69) is 0 Å². The fraction of sp³-hybridized carbons (Fsp3) is 0.278. The van der Waals surface area contributed by atoms with Crippen molar-refractivity contribution in [3.63, 3.8) is 0 Å². The molecule has 0 atom stereocenters. The van der Waals surface area contributed by atoms with Crippen molar-refractivity contribution in [1.82, 2.24) is 0 Å². The first-order valence-electron chi connectivity index (χ1n) is 7.83. The van der Waals surface area contributed by atoms with Crippen molar-refractivity contribution >= 4 is 44.6 Å². The standard InChI is InChI=1S/C18H17Cl2NO3S/c1-25(23,24)13-7-8-17-12(10-13)4-3-9-21(17)18(22)11-14-15(19)5-2-6-16(14)20/h2,5-8,10H,3-4,9,11H2,1H3. The van der Waals surface area contributed by atoms with Crippen molar-refractivity contribution in [2.45, 2.75) is 24.2 Å². The largest absolute Gasteiger partial charge is 0.312 e. The first kappa shape index (κ1) is 18.2. The number of benzene rings is 2. The molecule has 0 fully saturated rings. The van der Waals surface area contributed by atoms with Crippen LogP contribution in [-0.4, -0.2) is 27.1 Å². The molecule has 132 valence electrons. The van der Waals surface area contributed by atoms with Crippen LogP contribution in [0.4, 0.5) is 5.69 Å². The van der Waals surface area contributed by atoms with E-state index >= 15 is 0 Å². The zero-order valence-corrected chi connectivity index (χ0v) is 16.0. The van der Waals surface area contributed by atoms with Crippen LogP contribution in [0.3, 0.4) is 0 Å². The molecule has 25 heavy (non-hydrogen) atoms. The Morgan fingerprint density at radius 3 is 2.48 bits per heavy atom. The number of hydrogen-bond acceptors (Lipinski definition) is 3. The molecule has 0 bridgehead atoms. The van der Waals surface area contributed by atoms with Crippen LogP contribution < -0.4 is 4.90 Å². The fourth-order valence-corrected chi connectivity index (χ4v) is 4.21. The van der Waals surface area contributed by atoms with Crippen molar-refractivity contribution in [1.29, 1.82) is 0 Å². The Morgan fingerprint density at radius 2 is 1.84 bits per heavy atom. The zero-order chi connectivity index (χ0) is 18.2. The van der Waals surface area contributed by atoms with Crippen LogP contribution in [0.15, 0.2) is 41.3 Å². The number of halogens is 2. The van der Waals surface area contributed by atoms with Gasteiger partial charge in [0.1, 0.15) is 0 Å². The third-order valence-electron chi connectivity index (χ3n) is 4.29. The second-order valence-electron chi connectivity index (χ2n) is 6.09. The van der Waals surface area contributed by atoms with Crippen LogP contribution in [0.2, 0.25) is 10.0 Å². The van der Waals surface area contributed by atoms with Gasteiger partial charge in [-0.3, -0.25) is 4.79 Å². The zero-order valence-electron chi connectivity index (χ0n) is 13.6. The summed E-state index contributed by atoms with van der Waals surface area (Å²) in [7, 11) is -3.27. The van der Waals surface area contributed by atoms with Crippen LogP contribution >= 0.6 is 23.2 Å². The molecule has 2 aromatic rings. The third-order valence-corrected chi connectivity index (χ3v) is 6.11. The summed E-state index contributed by atoms with van der Waals surface area (Å²) in [6.07, 6.45) is 2.81. The summed E-state index contributed by atoms with van der Waals surface area (Å²) < 4.78 is 23.5. The van der Waals surface area contributed by atoms with E-state index in [0.29, 0.717) is 22.2 Å². The number of amides is 1. The fourth-order valence-electron chi connectivity index (χ4n) is 3.01. The van der Waals surface area contributed by atoms with Gasteiger partial charge in [-0.15, -0.1) is 0 Å². The van der Waals surface area contributed by atoms with Gasteiger partial charge in [0.2, 0.25) is 5.91 Å². The maximum atomic E-state index is 12.8. The first-order valence-corrected chi connectivity index (χ1v) is 10.5. The summed E-state index contributed by atoms with van der Waals surface area (Å²) in [6.45, 7) is 0.589. The highest BCUT2D eigenvalue weighted by molar-refractivity contribution is 7.90. The van der Waals surface area contributed by atoms with Gasteiger partial charge in [-0.05, 0) is 54.3 Å². The number of aryl methyl sites for hydroxylation is 1. The number of fused-ring (bicyclic) bond motifs is 1. The van der Waals surface area contributed by atoms with Crippen molar-refractivity contribution in [2.24, 2.45) is 0 Å². The Labute approximate surface area is 157 Å². The minimum atomic E-state index is -3.27. The minimum absolute atomic E-state index is 0.103. The number of carbonyl (C=O) groups excluding carboxylic acids is 1. The molecule has 0 saturated heterocycles. The Bertz CT molecular complexity index is 921. The third kappa shape index (κ3) is 3.84. The van der Waals surface area contributed by atoms with E-state index in [1.54, 1.807) is 41.3 Å². The number of hydrogen-bond donors (Lipinski definition) is 0. The quantitative estimate of drug-likeness (QED) is 0.788. The molecule has 0 spiro atoms. The summed E-state index contributed by atoms with van der Waals surface area (Å²) in [6, 6.07) is 10.1. The molecule has 0 radical (unpaired) electrons. The Morgan fingerprint density at radius 1 is 1.16 bits per heavy atom. The van der Waals surface area contributed by atoms with Crippen molar-refractivity contribution in [3.8, 4) is 0 Å². The lowest BCUT2D eigenvalue weighted by atomic mass is 10.0. The highest BCUT2D eigenvalue weighted by Gasteiger charge is 2.25. The van der Waals surface area contributed by atoms with E-state index in [0.717, 1.165) is 24.1 Å². The Kier molecular flexibility index (Phi) is 5.09. The summed E-state index contributed by atoms with van der Waals surface area (Å²) in [5.74, 6) is -0.108. The molecule has 0 aromatic heterocycles. The summed E-state index contributed by atoms with van der Waals surface area (Å²) in [5.41, 5.74) is 2.23. The average molecular weight is 398 g/mol. The highest BCUT2D eigenvalue weighted by atomic mass is 35.5. The minimum Gasteiger partial charge on any atom is -0.312 e. The van der Waals surface area contributed by atoms with E-state index in [-0.39, 0.29) is 17.2 Å². The van der Waals surface area contributed by atoms with Crippen LogP contribution in [0, 0.1) is 0 Å². The summed E-state index contributed by atoms with van der Waals surface area (Å²) in [5, 5.41) is 0.927. The predicted octanol–water partition coefficient (Wildman–Crippen LogP) is 3.92. The van der Waals surface area contributed by atoms with E-state index in [1.807, 2.05) is 0 Å². The lowest BCUT2D eigenvalue weighted by Gasteiger charge is -2.30. The summed E-state index contributed by atoms with van der Waals surface area (Å²) >= 11 is 12.3. The topological polar surface area (TPSA) is 54.5 Å². The second-order valence-corrected chi connectivity index (χ2v) is 8.92. The Balaban J connectivity index is 1.91. The molecule has 3 rings (SSSR count). The van der Waals surface area contributed by atoms with Gasteiger partial charge >= 0.3 is 0 Å². The SMILES string of the molecule is CS(=O)(=O)c1ccc2c(c1)CCCN2C(=O)Cc1c(Cl)cccc1Cl. The van der Waals surface area contributed by atoms with Gasteiger partial charge in [0.05, 0.1) is 11.3 Å². The van der Waals surface area contributed by atoms with Gasteiger partial charge in [0, 0.05) is 28.5 Å². The normalized spacial score (nSPS) is 14.3. The van der Waals surface area contributed by atoms with Crippen molar-refractivity contribution < 1.29 is 13.2 Å². The molecule has 0 saturated carbocycles. The molecule has 0 N–H and O–H groups in total. The van der Waals surface area contributed by atoms with Gasteiger partial charge in [0.15, 0.2) is 9.84 Å². The van der Waals surface area contributed by atoms with Gasteiger partial charge < -0.3 is 4.90 Å². The van der Waals surface area contributed by atoms with E-state index < -0.39 is 9.84 Å².